The maximum atomic E-state index is 11.8. The second-order valence-electron chi connectivity index (χ2n) is 10.2. The highest BCUT2D eigenvalue weighted by molar-refractivity contribution is 6.87. The van der Waals surface area contributed by atoms with Crippen molar-refractivity contribution in [2.24, 2.45) is 0 Å². The van der Waals surface area contributed by atoms with Crippen molar-refractivity contribution in [3.63, 3.8) is 0 Å². The van der Waals surface area contributed by atoms with Crippen LogP contribution in [0.1, 0.15) is 25.7 Å². The van der Waals surface area contributed by atoms with Crippen molar-refractivity contribution >= 4 is 48.9 Å². The lowest BCUT2D eigenvalue weighted by molar-refractivity contribution is -0.134. The van der Waals surface area contributed by atoms with E-state index < -0.39 is 37.1 Å². The summed E-state index contributed by atoms with van der Waals surface area (Å²) < 4.78 is 13.1. The summed E-state index contributed by atoms with van der Waals surface area (Å²) in [6, 6.07) is 1.64. The topological polar surface area (TPSA) is 151 Å². The fourth-order valence-electron chi connectivity index (χ4n) is 3.60. The molecule has 0 radical (unpaired) electrons. The highest BCUT2D eigenvalue weighted by atomic mass is 28.5. The zero-order valence-electron chi connectivity index (χ0n) is 21.9. The second-order valence-corrected chi connectivity index (χ2v) is 22.7. The molecule has 0 aromatic heterocycles. The normalized spacial score (nSPS) is 12.1. The summed E-state index contributed by atoms with van der Waals surface area (Å²) in [7, 11) is -6.52. The third-order valence-corrected chi connectivity index (χ3v) is 16.4. The van der Waals surface area contributed by atoms with Crippen LogP contribution in [0.5, 0.6) is 0 Å². The van der Waals surface area contributed by atoms with E-state index in [4.69, 9.17) is 18.4 Å². The molecule has 0 saturated carbocycles. The van der Waals surface area contributed by atoms with Gasteiger partial charge in [-0.15, -0.1) is 0 Å². The van der Waals surface area contributed by atoms with E-state index in [1.807, 2.05) is 13.1 Å². The average molecular weight is 547 g/mol. The molecule has 0 aliphatic heterocycles. The predicted octanol–water partition coefficient (Wildman–Crippen LogP) is 3.21. The quantitative estimate of drug-likeness (QED) is 0.116. The predicted molar refractivity (Wildman–Crippen MR) is 142 cm³/mol. The number of hydrogen-bond donors (Lipinski definition) is 4. The smallest absolute Gasteiger partial charge is 0.331 e. The first-order chi connectivity index (χ1) is 15.9. The van der Waals surface area contributed by atoms with Crippen molar-refractivity contribution in [3.05, 3.63) is 24.3 Å². The van der Waals surface area contributed by atoms with E-state index in [2.05, 4.69) is 50.0 Å². The molecule has 0 rings (SSSR count). The van der Waals surface area contributed by atoms with Gasteiger partial charge in [0.25, 0.3) is 0 Å². The largest absolute Gasteiger partial charge is 0.478 e. The van der Waals surface area contributed by atoms with Gasteiger partial charge in [-0.1, -0.05) is 13.2 Å². The number of hydrogen-bond acceptors (Lipinski definition) is 6. The van der Waals surface area contributed by atoms with Crippen LogP contribution < -0.4 is 10.6 Å². The van der Waals surface area contributed by atoms with Gasteiger partial charge >= 0.3 is 20.5 Å². The van der Waals surface area contributed by atoms with Gasteiger partial charge in [0.2, 0.25) is 11.8 Å². The van der Waals surface area contributed by atoms with Gasteiger partial charge in [0, 0.05) is 24.2 Å². The molecule has 0 unspecified atom stereocenters. The van der Waals surface area contributed by atoms with Crippen LogP contribution in [0.2, 0.25) is 51.4 Å². The summed E-state index contributed by atoms with van der Waals surface area (Å²) in [5, 5.41) is 23.0. The number of carbonyl (C=O) groups excluding carboxylic acids is 2. The molecule has 4 N–H and O–H groups in total. The summed E-state index contributed by atoms with van der Waals surface area (Å²) in [6.45, 7) is 20.2. The zero-order chi connectivity index (χ0) is 27.4. The summed E-state index contributed by atoms with van der Waals surface area (Å²) >= 11 is 0. The Kier molecular flexibility index (Phi) is 13.6. The Balaban J connectivity index is 4.43. The van der Waals surface area contributed by atoms with Crippen LogP contribution in [0, 0.1) is 0 Å². The van der Waals surface area contributed by atoms with Gasteiger partial charge in [0.1, 0.15) is 0 Å². The molecule has 35 heavy (non-hydrogen) atoms. The number of aliphatic carboxylic acids is 2. The Hall–Kier alpha value is -2.07. The lowest BCUT2D eigenvalue weighted by Gasteiger charge is -2.38. The van der Waals surface area contributed by atoms with E-state index in [0.717, 1.165) is 24.9 Å². The first-order valence-corrected chi connectivity index (χ1v) is 20.7. The standard InChI is InChI=1S/C22H42N2O8Si3/c1-17(21(27)28)15-19(25)23-11-9-13-33(3,4)31-35(7,8)32-34(5,6)14-10-12-24-20(26)16-18(2)22(29)30/h1-2,9-16H2,3-8H3,(H,23,25)(H,24,26)(H,27,28)(H,29,30). The number of carboxylic acid groups (broad SMARTS) is 2. The first kappa shape index (κ1) is 32.9. The van der Waals surface area contributed by atoms with Gasteiger partial charge in [0.15, 0.2) is 16.6 Å². The van der Waals surface area contributed by atoms with E-state index in [-0.39, 0.29) is 35.8 Å². The van der Waals surface area contributed by atoms with E-state index >= 15 is 0 Å². The van der Waals surface area contributed by atoms with Crippen molar-refractivity contribution in [1.29, 1.82) is 0 Å². The lowest BCUT2D eigenvalue weighted by Crippen LogP contribution is -2.52. The molecule has 0 spiro atoms. The Morgan fingerprint density at radius 1 is 0.686 bits per heavy atom. The molecule has 0 aliphatic carbocycles. The molecule has 0 aromatic carbocycles. The number of nitrogens with one attached hydrogen (secondary N) is 2. The molecule has 0 aliphatic rings. The molecule has 10 nitrogen and oxygen atoms in total. The number of carboxylic acids is 2. The van der Waals surface area contributed by atoms with Gasteiger partial charge < -0.3 is 29.1 Å². The van der Waals surface area contributed by atoms with Crippen molar-refractivity contribution in [1.82, 2.24) is 10.6 Å². The van der Waals surface area contributed by atoms with Crippen LogP contribution in [-0.4, -0.2) is 72.3 Å². The van der Waals surface area contributed by atoms with E-state index in [0.29, 0.717) is 13.1 Å². The minimum atomic E-state index is -2.41. The first-order valence-electron chi connectivity index (χ1n) is 11.6. The Labute approximate surface area is 211 Å². The fourth-order valence-corrected chi connectivity index (χ4v) is 17.7. The van der Waals surface area contributed by atoms with Gasteiger partial charge in [-0.05, 0) is 64.2 Å². The molecule has 200 valence electrons. The molecule has 2 amide bonds. The molecular formula is C22H42N2O8Si3. The van der Waals surface area contributed by atoms with Gasteiger partial charge in [-0.25, -0.2) is 9.59 Å². The molecular weight excluding hydrogens is 505 g/mol. The highest BCUT2D eigenvalue weighted by Crippen LogP contribution is 2.25. The third-order valence-electron chi connectivity index (χ3n) is 4.95. The number of rotatable bonds is 18. The van der Waals surface area contributed by atoms with Crippen molar-refractivity contribution in [3.8, 4) is 0 Å². The molecule has 0 heterocycles. The van der Waals surface area contributed by atoms with Crippen molar-refractivity contribution in [2.75, 3.05) is 13.1 Å². The van der Waals surface area contributed by atoms with Crippen LogP contribution in [-0.2, 0) is 27.4 Å². The molecule has 0 aromatic rings. The summed E-state index contributed by atoms with van der Waals surface area (Å²) in [5.74, 6) is -3.06. The summed E-state index contributed by atoms with van der Waals surface area (Å²) in [5.41, 5.74) is -0.271. The fraction of sp³-hybridized carbons (Fsp3) is 0.636. The SMILES string of the molecule is C=C(CC(=O)NCCC[Si](C)(C)O[Si](C)(C)O[Si](C)(C)CCCNC(=O)CC(=C)C(=O)O)C(=O)O. The van der Waals surface area contributed by atoms with Crippen LogP contribution >= 0.6 is 0 Å². The van der Waals surface area contributed by atoms with Crippen LogP contribution in [0.25, 0.3) is 0 Å². The van der Waals surface area contributed by atoms with Gasteiger partial charge in [-0.3, -0.25) is 9.59 Å². The van der Waals surface area contributed by atoms with Gasteiger partial charge in [0.05, 0.1) is 12.8 Å². The molecule has 13 heteroatoms. The van der Waals surface area contributed by atoms with Crippen LogP contribution in [0.4, 0.5) is 0 Å². The van der Waals surface area contributed by atoms with Gasteiger partial charge in [-0.2, -0.15) is 0 Å². The van der Waals surface area contributed by atoms with E-state index in [1.165, 1.54) is 0 Å². The van der Waals surface area contributed by atoms with E-state index in [9.17, 15) is 19.2 Å². The lowest BCUT2D eigenvalue weighted by atomic mass is 10.2. The molecule has 0 atom stereocenters. The van der Waals surface area contributed by atoms with Crippen molar-refractivity contribution in [2.45, 2.75) is 77.1 Å². The monoisotopic (exact) mass is 546 g/mol. The van der Waals surface area contributed by atoms with Crippen LogP contribution in [0.3, 0.4) is 0 Å². The minimum absolute atomic E-state index is 0.135. The third kappa shape index (κ3) is 16.3. The number of carbonyl (C=O) groups is 4. The molecule has 0 fully saturated rings. The minimum Gasteiger partial charge on any atom is -0.478 e. The van der Waals surface area contributed by atoms with E-state index in [1.54, 1.807) is 0 Å². The maximum Gasteiger partial charge on any atom is 0.331 e. The Morgan fingerprint density at radius 2 is 1.00 bits per heavy atom. The number of amides is 2. The van der Waals surface area contributed by atoms with Crippen LogP contribution in [0.15, 0.2) is 24.3 Å². The molecule has 0 saturated heterocycles. The summed E-state index contributed by atoms with van der Waals surface area (Å²) in [6.07, 6.45) is 1.01. The summed E-state index contributed by atoms with van der Waals surface area (Å²) in [4.78, 5) is 45.0. The highest BCUT2D eigenvalue weighted by Gasteiger charge is 2.39. The zero-order valence-corrected chi connectivity index (χ0v) is 24.9. The average Bonchev–Trinajstić information content (AvgIpc) is 2.66. The Morgan fingerprint density at radius 3 is 1.29 bits per heavy atom. The second kappa shape index (κ2) is 14.5. The Bertz CT molecular complexity index is 749. The molecule has 0 bridgehead atoms. The maximum absolute atomic E-state index is 11.8. The van der Waals surface area contributed by atoms with Crippen molar-refractivity contribution < 1.29 is 37.6 Å².